The molecular weight excluding hydrogens is 291 g/mol. The third kappa shape index (κ3) is 5.90. The maximum absolute atomic E-state index is 13.0. The zero-order valence-electron chi connectivity index (χ0n) is 12.5. The van der Waals surface area contributed by atoms with Crippen LogP contribution in [0.1, 0.15) is 30.6 Å². The molecule has 0 unspecified atom stereocenters. The molecule has 1 aromatic carbocycles. The van der Waals surface area contributed by atoms with Crippen molar-refractivity contribution in [3.05, 3.63) is 35.6 Å². The second kappa shape index (κ2) is 8.76. The lowest BCUT2D eigenvalue weighted by Crippen LogP contribution is -2.46. The summed E-state index contributed by atoms with van der Waals surface area (Å²) in [6, 6.07) is 4.23. The zero-order valence-corrected chi connectivity index (χ0v) is 12.5. The first-order chi connectivity index (χ1) is 10.4. The highest BCUT2D eigenvalue weighted by Crippen LogP contribution is 2.05. The molecule has 0 aliphatic heterocycles. The number of halogens is 1. The van der Waals surface area contributed by atoms with Crippen LogP contribution < -0.4 is 10.6 Å². The molecule has 0 bridgehead atoms. The van der Waals surface area contributed by atoms with Crippen LogP contribution in [0.5, 0.6) is 0 Å². The lowest BCUT2D eigenvalue weighted by molar-refractivity contribution is -0.130. The molecule has 0 heterocycles. The maximum Gasteiger partial charge on any atom is 0.338 e. The van der Waals surface area contributed by atoms with E-state index in [9.17, 15) is 18.8 Å². The van der Waals surface area contributed by atoms with Gasteiger partial charge in [0.2, 0.25) is 5.91 Å². The molecule has 22 heavy (non-hydrogen) atoms. The molecule has 6 nitrogen and oxygen atoms in total. The van der Waals surface area contributed by atoms with Gasteiger partial charge in [0, 0.05) is 6.54 Å². The fraction of sp³-hybridized carbons (Fsp3) is 0.400. The Morgan fingerprint density at radius 1 is 1.32 bits per heavy atom. The first-order valence-corrected chi connectivity index (χ1v) is 6.93. The molecule has 1 rings (SSSR count). The van der Waals surface area contributed by atoms with Gasteiger partial charge >= 0.3 is 5.97 Å². The van der Waals surface area contributed by atoms with Crippen molar-refractivity contribution in [2.24, 2.45) is 0 Å². The highest BCUT2D eigenvalue weighted by molar-refractivity contribution is 5.92. The van der Waals surface area contributed by atoms with Gasteiger partial charge in [0.25, 0.3) is 5.91 Å². The first-order valence-electron chi connectivity index (χ1n) is 6.93. The fourth-order valence-electron chi connectivity index (χ4n) is 1.58. The first kappa shape index (κ1) is 17.6. The predicted molar refractivity (Wildman–Crippen MR) is 77.6 cm³/mol. The number of amides is 2. The Balaban J connectivity index is 2.39. The summed E-state index contributed by atoms with van der Waals surface area (Å²) in [6.07, 6.45) is 0.789. The van der Waals surface area contributed by atoms with Crippen molar-refractivity contribution >= 4 is 17.8 Å². The molecule has 0 radical (unpaired) electrons. The summed E-state index contributed by atoms with van der Waals surface area (Å²) in [5.74, 6) is -2.30. The van der Waals surface area contributed by atoms with E-state index < -0.39 is 30.3 Å². The Labute approximate surface area is 128 Å². The van der Waals surface area contributed by atoms with Crippen molar-refractivity contribution in [2.45, 2.75) is 26.3 Å². The summed E-state index contributed by atoms with van der Waals surface area (Å²) < 4.78 is 17.7. The van der Waals surface area contributed by atoms with Gasteiger partial charge in [-0.05, 0) is 31.5 Å². The van der Waals surface area contributed by atoms with E-state index in [2.05, 4.69) is 10.6 Å². The Kier molecular flexibility index (Phi) is 7.01. The Bertz CT molecular complexity index is 548. The van der Waals surface area contributed by atoms with Crippen molar-refractivity contribution in [3.63, 3.8) is 0 Å². The second-order valence-corrected chi connectivity index (χ2v) is 4.67. The quantitative estimate of drug-likeness (QED) is 0.736. The zero-order chi connectivity index (χ0) is 16.5. The van der Waals surface area contributed by atoms with Crippen LogP contribution in [0.3, 0.4) is 0 Å². The van der Waals surface area contributed by atoms with Crippen LogP contribution >= 0.6 is 0 Å². The molecule has 120 valence electrons. The monoisotopic (exact) mass is 310 g/mol. The molecule has 2 amide bonds. The minimum atomic E-state index is -0.808. The molecule has 7 heteroatoms. The second-order valence-electron chi connectivity index (χ2n) is 4.67. The summed E-state index contributed by atoms with van der Waals surface area (Å²) in [5.41, 5.74) is 0.0153. The third-order valence-corrected chi connectivity index (χ3v) is 2.71. The lowest BCUT2D eigenvalue weighted by atomic mass is 10.2. The van der Waals surface area contributed by atoms with Crippen LogP contribution in [-0.4, -0.2) is 37.0 Å². The molecular formula is C15H19FN2O4. The van der Waals surface area contributed by atoms with Crippen molar-refractivity contribution in [2.75, 3.05) is 13.2 Å². The van der Waals surface area contributed by atoms with Crippen molar-refractivity contribution in [1.82, 2.24) is 10.6 Å². The summed E-state index contributed by atoms with van der Waals surface area (Å²) in [7, 11) is 0. The SMILES string of the molecule is CCCNC(=O)[C@@H](C)NC(=O)COC(=O)c1cccc(F)c1. The molecule has 0 aliphatic rings. The fourth-order valence-corrected chi connectivity index (χ4v) is 1.58. The number of rotatable bonds is 7. The number of ether oxygens (including phenoxy) is 1. The smallest absolute Gasteiger partial charge is 0.338 e. The summed E-state index contributed by atoms with van der Waals surface area (Å²) in [5, 5.41) is 5.04. The number of carbonyl (C=O) groups excluding carboxylic acids is 3. The van der Waals surface area contributed by atoms with Gasteiger partial charge in [-0.3, -0.25) is 9.59 Å². The minimum absolute atomic E-state index is 0.0153. The van der Waals surface area contributed by atoms with Crippen LogP contribution in [0.4, 0.5) is 4.39 Å². The summed E-state index contributed by atoms with van der Waals surface area (Å²) >= 11 is 0. The summed E-state index contributed by atoms with van der Waals surface area (Å²) in [6.45, 7) is 3.42. The molecule has 0 aromatic heterocycles. The van der Waals surface area contributed by atoms with Crippen LogP contribution in [0, 0.1) is 5.82 Å². The number of nitrogens with one attached hydrogen (secondary N) is 2. The van der Waals surface area contributed by atoms with E-state index in [1.165, 1.54) is 25.1 Å². The van der Waals surface area contributed by atoms with E-state index in [0.29, 0.717) is 6.54 Å². The predicted octanol–water partition coefficient (Wildman–Crippen LogP) is 1.01. The summed E-state index contributed by atoms with van der Waals surface area (Å²) in [4.78, 5) is 34.8. The minimum Gasteiger partial charge on any atom is -0.452 e. The van der Waals surface area contributed by atoms with Gasteiger partial charge in [-0.25, -0.2) is 9.18 Å². The van der Waals surface area contributed by atoms with E-state index in [4.69, 9.17) is 4.74 Å². The molecule has 0 fully saturated rings. The third-order valence-electron chi connectivity index (χ3n) is 2.71. The number of esters is 1. The maximum atomic E-state index is 13.0. The molecule has 2 N–H and O–H groups in total. The van der Waals surface area contributed by atoms with Gasteiger partial charge in [0.1, 0.15) is 11.9 Å². The average molecular weight is 310 g/mol. The van der Waals surface area contributed by atoms with E-state index in [1.807, 2.05) is 6.92 Å². The average Bonchev–Trinajstić information content (AvgIpc) is 2.50. The van der Waals surface area contributed by atoms with Gasteiger partial charge in [0.15, 0.2) is 6.61 Å². The molecule has 0 aliphatic carbocycles. The number of hydrogen-bond acceptors (Lipinski definition) is 4. The Morgan fingerprint density at radius 2 is 2.05 bits per heavy atom. The van der Waals surface area contributed by atoms with Crippen molar-refractivity contribution < 1.29 is 23.5 Å². The molecule has 0 saturated carbocycles. The highest BCUT2D eigenvalue weighted by atomic mass is 19.1. The number of benzene rings is 1. The van der Waals surface area contributed by atoms with E-state index in [1.54, 1.807) is 0 Å². The Morgan fingerprint density at radius 3 is 2.68 bits per heavy atom. The van der Waals surface area contributed by atoms with Crippen LogP contribution in [0.25, 0.3) is 0 Å². The molecule has 0 spiro atoms. The largest absolute Gasteiger partial charge is 0.452 e. The van der Waals surface area contributed by atoms with E-state index in [0.717, 1.165) is 12.5 Å². The van der Waals surface area contributed by atoms with Crippen molar-refractivity contribution in [3.8, 4) is 0 Å². The highest BCUT2D eigenvalue weighted by Gasteiger charge is 2.16. The van der Waals surface area contributed by atoms with Gasteiger partial charge in [-0.1, -0.05) is 13.0 Å². The molecule has 1 aromatic rings. The molecule has 1 atom stereocenters. The topological polar surface area (TPSA) is 84.5 Å². The van der Waals surface area contributed by atoms with Crippen LogP contribution in [0.2, 0.25) is 0 Å². The van der Waals surface area contributed by atoms with Crippen molar-refractivity contribution in [1.29, 1.82) is 0 Å². The van der Waals surface area contributed by atoms with E-state index in [-0.39, 0.29) is 11.5 Å². The Hall–Kier alpha value is -2.44. The van der Waals surface area contributed by atoms with Gasteiger partial charge < -0.3 is 15.4 Å². The molecule has 0 saturated heterocycles. The number of carbonyl (C=O) groups is 3. The standard InChI is InChI=1S/C15H19FN2O4/c1-3-7-17-14(20)10(2)18-13(19)9-22-15(21)11-5-4-6-12(16)8-11/h4-6,8,10H,3,7,9H2,1-2H3,(H,17,20)(H,18,19)/t10-/m1/s1. The lowest BCUT2D eigenvalue weighted by Gasteiger charge is -2.13. The van der Waals surface area contributed by atoms with Gasteiger partial charge in [-0.2, -0.15) is 0 Å². The van der Waals surface area contributed by atoms with E-state index >= 15 is 0 Å². The van der Waals surface area contributed by atoms with Gasteiger partial charge in [-0.15, -0.1) is 0 Å². The normalized spacial score (nSPS) is 11.4. The van der Waals surface area contributed by atoms with Crippen LogP contribution in [-0.2, 0) is 14.3 Å². The van der Waals surface area contributed by atoms with Gasteiger partial charge in [0.05, 0.1) is 5.56 Å². The van der Waals surface area contributed by atoms with Crippen LogP contribution in [0.15, 0.2) is 24.3 Å². The number of hydrogen-bond donors (Lipinski definition) is 2.